The third kappa shape index (κ3) is 1.79. The van der Waals surface area contributed by atoms with Gasteiger partial charge in [-0.15, -0.1) is 11.3 Å². The van der Waals surface area contributed by atoms with Crippen molar-refractivity contribution in [1.29, 1.82) is 0 Å². The second-order valence-electron chi connectivity index (χ2n) is 6.48. The van der Waals surface area contributed by atoms with Crippen molar-refractivity contribution >= 4 is 23.2 Å². The second-order valence-corrected chi connectivity index (χ2v) is 7.39. The van der Waals surface area contributed by atoms with Crippen molar-refractivity contribution in [2.75, 3.05) is 19.6 Å². The minimum absolute atomic E-state index is 0.0202. The van der Waals surface area contributed by atoms with Crippen LogP contribution in [0.3, 0.4) is 0 Å². The molecule has 2 heterocycles. The van der Waals surface area contributed by atoms with E-state index in [2.05, 4.69) is 37.5 Å². The van der Waals surface area contributed by atoms with E-state index in [0.717, 1.165) is 6.42 Å². The maximum atomic E-state index is 13.0. The van der Waals surface area contributed by atoms with Crippen molar-refractivity contribution in [3.05, 3.63) is 21.9 Å². The van der Waals surface area contributed by atoms with Crippen molar-refractivity contribution in [2.24, 2.45) is 5.41 Å². The van der Waals surface area contributed by atoms with E-state index in [0.29, 0.717) is 13.1 Å². The Labute approximate surface area is 123 Å². The number of piperazine rings is 1. The average Bonchev–Trinajstić information content (AvgIpc) is 2.74. The number of hydrogen-bond acceptors (Lipinski definition) is 3. The predicted molar refractivity (Wildman–Crippen MR) is 78.7 cm³/mol. The fourth-order valence-electron chi connectivity index (χ4n) is 3.36. The van der Waals surface area contributed by atoms with Crippen LogP contribution in [0.15, 0.2) is 11.4 Å². The number of thiophene rings is 1. The monoisotopic (exact) mass is 292 g/mol. The largest absolute Gasteiger partial charge is 0.353 e. The molecule has 1 atom stereocenters. The molecule has 0 unspecified atom stereocenters. The lowest BCUT2D eigenvalue weighted by atomic mass is 9.90. The summed E-state index contributed by atoms with van der Waals surface area (Å²) in [7, 11) is 0. The lowest BCUT2D eigenvalue weighted by Gasteiger charge is -2.32. The SMILES string of the molecule is Cc1ccsc1[C@@]1(C(=O)N2CCNC(=O)C2)CC1(C)C. The Balaban J connectivity index is 1.95. The molecule has 1 N–H and O–H groups in total. The Bertz CT molecular complexity index is 578. The topological polar surface area (TPSA) is 49.4 Å². The summed E-state index contributed by atoms with van der Waals surface area (Å²) in [5, 5.41) is 4.83. The van der Waals surface area contributed by atoms with Crippen LogP contribution in [-0.2, 0) is 15.0 Å². The number of nitrogens with zero attached hydrogens (tertiary/aromatic N) is 1. The summed E-state index contributed by atoms with van der Waals surface area (Å²) in [4.78, 5) is 27.5. The zero-order valence-corrected chi connectivity index (χ0v) is 13.0. The summed E-state index contributed by atoms with van der Waals surface area (Å²) >= 11 is 1.67. The molecule has 0 bridgehead atoms. The molecular weight excluding hydrogens is 272 g/mol. The van der Waals surface area contributed by atoms with E-state index in [1.165, 1.54) is 10.4 Å². The van der Waals surface area contributed by atoms with Gasteiger partial charge in [0.05, 0.1) is 12.0 Å². The first-order valence-electron chi connectivity index (χ1n) is 6.99. The Hall–Kier alpha value is -1.36. The summed E-state index contributed by atoms with van der Waals surface area (Å²) in [6.07, 6.45) is 0.873. The Morgan fingerprint density at radius 2 is 2.15 bits per heavy atom. The highest BCUT2D eigenvalue weighted by molar-refractivity contribution is 7.10. The Morgan fingerprint density at radius 1 is 1.45 bits per heavy atom. The maximum absolute atomic E-state index is 13.0. The van der Waals surface area contributed by atoms with E-state index in [1.54, 1.807) is 16.2 Å². The predicted octanol–water partition coefficient (Wildman–Crippen LogP) is 1.68. The second kappa shape index (κ2) is 4.32. The van der Waals surface area contributed by atoms with E-state index < -0.39 is 5.41 Å². The molecule has 1 aromatic rings. The molecule has 0 radical (unpaired) electrons. The van der Waals surface area contributed by atoms with Crippen LogP contribution < -0.4 is 5.32 Å². The van der Waals surface area contributed by atoms with Crippen LogP contribution in [0.25, 0.3) is 0 Å². The molecule has 0 spiro atoms. The van der Waals surface area contributed by atoms with Gasteiger partial charge < -0.3 is 10.2 Å². The van der Waals surface area contributed by atoms with Crippen LogP contribution >= 0.6 is 11.3 Å². The number of nitrogens with one attached hydrogen (secondary N) is 1. The van der Waals surface area contributed by atoms with E-state index in [1.807, 2.05) is 0 Å². The molecule has 5 heteroatoms. The zero-order chi connectivity index (χ0) is 14.5. The third-order valence-electron chi connectivity index (χ3n) is 4.68. The number of carbonyl (C=O) groups excluding carboxylic acids is 2. The molecule has 20 heavy (non-hydrogen) atoms. The van der Waals surface area contributed by atoms with Crippen LogP contribution in [0.2, 0.25) is 0 Å². The van der Waals surface area contributed by atoms with Crippen LogP contribution in [0.1, 0.15) is 30.7 Å². The van der Waals surface area contributed by atoms with Gasteiger partial charge >= 0.3 is 0 Å². The Kier molecular flexibility index (Phi) is 2.94. The summed E-state index contributed by atoms with van der Waals surface area (Å²) < 4.78 is 0. The van der Waals surface area contributed by atoms with Gasteiger partial charge in [-0.1, -0.05) is 13.8 Å². The highest BCUT2D eigenvalue weighted by Crippen LogP contribution is 2.66. The molecule has 108 valence electrons. The quantitative estimate of drug-likeness (QED) is 0.901. The molecule has 0 aromatic carbocycles. The molecule has 2 fully saturated rings. The molecule has 1 aliphatic carbocycles. The average molecular weight is 292 g/mol. The van der Waals surface area contributed by atoms with Gasteiger partial charge in [-0.05, 0) is 35.8 Å². The molecular formula is C15H20N2O2S. The highest BCUT2D eigenvalue weighted by Gasteiger charge is 2.69. The minimum Gasteiger partial charge on any atom is -0.353 e. The Morgan fingerprint density at radius 3 is 2.65 bits per heavy atom. The van der Waals surface area contributed by atoms with Gasteiger partial charge in [-0.25, -0.2) is 0 Å². The molecule has 2 amide bonds. The number of amides is 2. The van der Waals surface area contributed by atoms with Crippen molar-refractivity contribution < 1.29 is 9.59 Å². The molecule has 3 rings (SSSR count). The van der Waals surface area contributed by atoms with Gasteiger partial charge in [0.2, 0.25) is 11.8 Å². The summed E-state index contributed by atoms with van der Waals surface area (Å²) in [5.41, 5.74) is 0.756. The molecule has 1 saturated carbocycles. The van der Waals surface area contributed by atoms with Gasteiger partial charge in [0, 0.05) is 18.0 Å². The summed E-state index contributed by atoms with van der Waals surface area (Å²) in [6, 6.07) is 2.08. The van der Waals surface area contributed by atoms with Crippen molar-refractivity contribution in [3.8, 4) is 0 Å². The number of carbonyl (C=O) groups is 2. The molecule has 4 nitrogen and oxygen atoms in total. The lowest BCUT2D eigenvalue weighted by Crippen LogP contribution is -2.53. The molecule has 2 aliphatic rings. The van der Waals surface area contributed by atoms with Gasteiger partial charge in [-0.2, -0.15) is 0 Å². The highest BCUT2D eigenvalue weighted by atomic mass is 32.1. The number of rotatable bonds is 2. The van der Waals surface area contributed by atoms with E-state index in [9.17, 15) is 9.59 Å². The van der Waals surface area contributed by atoms with E-state index in [4.69, 9.17) is 0 Å². The van der Waals surface area contributed by atoms with Gasteiger partial charge in [-0.3, -0.25) is 9.59 Å². The van der Waals surface area contributed by atoms with Crippen LogP contribution in [0.4, 0.5) is 0 Å². The fraction of sp³-hybridized carbons (Fsp3) is 0.600. The first-order chi connectivity index (χ1) is 9.38. The fourth-order valence-corrected chi connectivity index (χ4v) is 4.66. The van der Waals surface area contributed by atoms with Crippen molar-refractivity contribution in [2.45, 2.75) is 32.6 Å². The first kappa shape index (κ1) is 13.6. The van der Waals surface area contributed by atoms with Crippen LogP contribution in [0.5, 0.6) is 0 Å². The normalized spacial score (nSPS) is 28.1. The number of aryl methyl sites for hydroxylation is 1. The standard InChI is InChI=1S/C15H20N2O2S/c1-10-4-7-20-12(10)15(9-14(15,2)3)13(19)17-6-5-16-11(18)8-17/h4,7H,5-6,8-9H2,1-3H3,(H,16,18)/t15-/m1/s1. The van der Waals surface area contributed by atoms with E-state index >= 15 is 0 Å². The lowest BCUT2D eigenvalue weighted by molar-refractivity contribution is -0.140. The summed E-state index contributed by atoms with van der Waals surface area (Å²) in [5.74, 6) is 0.0732. The van der Waals surface area contributed by atoms with Crippen LogP contribution in [0, 0.1) is 12.3 Å². The van der Waals surface area contributed by atoms with Gasteiger partial charge in [0.25, 0.3) is 0 Å². The van der Waals surface area contributed by atoms with Gasteiger partial charge in [0.1, 0.15) is 0 Å². The van der Waals surface area contributed by atoms with Crippen molar-refractivity contribution in [1.82, 2.24) is 10.2 Å². The molecule has 1 aliphatic heterocycles. The minimum atomic E-state index is -0.414. The maximum Gasteiger partial charge on any atom is 0.239 e. The third-order valence-corrected chi connectivity index (χ3v) is 5.86. The van der Waals surface area contributed by atoms with E-state index in [-0.39, 0.29) is 23.8 Å². The molecule has 1 aromatic heterocycles. The summed E-state index contributed by atoms with van der Waals surface area (Å²) in [6.45, 7) is 7.73. The number of hydrogen-bond donors (Lipinski definition) is 1. The van der Waals surface area contributed by atoms with Gasteiger partial charge in [0.15, 0.2) is 0 Å². The zero-order valence-electron chi connectivity index (χ0n) is 12.2. The smallest absolute Gasteiger partial charge is 0.239 e. The van der Waals surface area contributed by atoms with Crippen LogP contribution in [-0.4, -0.2) is 36.3 Å². The van der Waals surface area contributed by atoms with Crippen molar-refractivity contribution in [3.63, 3.8) is 0 Å². The molecule has 1 saturated heterocycles. The first-order valence-corrected chi connectivity index (χ1v) is 7.87.